The lowest BCUT2D eigenvalue weighted by Gasteiger charge is -2.34. The average molecular weight is 329 g/mol. The molecule has 0 spiro atoms. The van der Waals surface area contributed by atoms with Gasteiger partial charge in [0, 0.05) is 11.2 Å². The third-order valence-electron chi connectivity index (χ3n) is 3.86. The van der Waals surface area contributed by atoms with E-state index in [9.17, 15) is 4.79 Å². The second kappa shape index (κ2) is 6.00. The minimum Gasteiger partial charge on any atom is -0.443 e. The standard InChI is InChI=1S/C19H23NO2S/c1-13-5-7-16(20(12-13)18(21)22-19(2,3)4)14-6-8-17-15(11-14)9-10-23-17/h6-11,13H,5,12H2,1-4H3. The first-order valence-corrected chi connectivity index (χ1v) is 8.90. The zero-order chi connectivity index (χ0) is 16.6. The maximum absolute atomic E-state index is 12.6. The highest BCUT2D eigenvalue weighted by Gasteiger charge is 2.29. The maximum atomic E-state index is 12.6. The second-order valence-corrected chi connectivity index (χ2v) is 8.14. The average Bonchev–Trinajstić information content (AvgIpc) is 2.92. The highest BCUT2D eigenvalue weighted by molar-refractivity contribution is 7.17. The smallest absolute Gasteiger partial charge is 0.414 e. The van der Waals surface area contributed by atoms with Crippen LogP contribution in [0.2, 0.25) is 0 Å². The number of hydrogen-bond acceptors (Lipinski definition) is 3. The van der Waals surface area contributed by atoms with Crippen LogP contribution in [0.4, 0.5) is 4.79 Å². The molecule has 1 unspecified atom stereocenters. The highest BCUT2D eigenvalue weighted by Crippen LogP contribution is 2.32. The summed E-state index contributed by atoms with van der Waals surface area (Å²) in [5.74, 6) is 0.441. The van der Waals surface area contributed by atoms with E-state index < -0.39 is 5.60 Å². The Morgan fingerprint density at radius 3 is 2.83 bits per heavy atom. The van der Waals surface area contributed by atoms with Crippen LogP contribution in [0.5, 0.6) is 0 Å². The van der Waals surface area contributed by atoms with Crippen LogP contribution in [0.25, 0.3) is 15.8 Å². The Labute approximate surface area is 141 Å². The molecule has 0 fully saturated rings. The molecule has 0 aliphatic carbocycles. The van der Waals surface area contributed by atoms with Gasteiger partial charge in [0.2, 0.25) is 0 Å². The summed E-state index contributed by atoms with van der Waals surface area (Å²) in [5.41, 5.74) is 1.55. The molecule has 1 aliphatic rings. The van der Waals surface area contributed by atoms with Gasteiger partial charge >= 0.3 is 6.09 Å². The van der Waals surface area contributed by atoms with Crippen LogP contribution in [0, 0.1) is 5.92 Å². The number of ether oxygens (including phenoxy) is 1. The molecule has 1 amide bonds. The Morgan fingerprint density at radius 2 is 2.09 bits per heavy atom. The summed E-state index contributed by atoms with van der Waals surface area (Å²) in [4.78, 5) is 14.4. The number of carbonyl (C=O) groups excluding carboxylic acids is 1. The molecule has 1 aromatic heterocycles. The van der Waals surface area contributed by atoms with Gasteiger partial charge in [-0.05, 0) is 67.6 Å². The fraction of sp³-hybridized carbons (Fsp3) is 0.421. The van der Waals surface area contributed by atoms with Crippen molar-refractivity contribution in [3.05, 3.63) is 41.3 Å². The third-order valence-corrected chi connectivity index (χ3v) is 4.76. The molecule has 0 saturated heterocycles. The Bertz CT molecular complexity index is 754. The molecule has 1 atom stereocenters. The van der Waals surface area contributed by atoms with E-state index in [0.29, 0.717) is 12.5 Å². The van der Waals surface area contributed by atoms with Crippen molar-refractivity contribution in [2.75, 3.05) is 6.54 Å². The number of carbonyl (C=O) groups is 1. The SMILES string of the molecule is CC1CC=C(c2ccc3sccc3c2)N(C(=O)OC(C)(C)C)C1. The predicted octanol–water partition coefficient (Wildman–Crippen LogP) is 5.52. The van der Waals surface area contributed by atoms with Crippen molar-refractivity contribution in [1.29, 1.82) is 0 Å². The van der Waals surface area contributed by atoms with E-state index in [0.717, 1.165) is 17.7 Å². The molecule has 0 radical (unpaired) electrons. The van der Waals surface area contributed by atoms with Gasteiger partial charge in [-0.25, -0.2) is 4.79 Å². The zero-order valence-corrected chi connectivity index (χ0v) is 14.9. The molecule has 3 nitrogen and oxygen atoms in total. The van der Waals surface area contributed by atoms with Gasteiger partial charge in [0.15, 0.2) is 0 Å². The topological polar surface area (TPSA) is 29.5 Å². The Kier molecular flexibility index (Phi) is 4.19. The van der Waals surface area contributed by atoms with E-state index in [1.165, 1.54) is 10.1 Å². The molecule has 1 aliphatic heterocycles. The molecule has 1 aromatic carbocycles. The van der Waals surface area contributed by atoms with Crippen molar-refractivity contribution in [3.63, 3.8) is 0 Å². The van der Waals surface area contributed by atoms with Gasteiger partial charge in [-0.2, -0.15) is 0 Å². The summed E-state index contributed by atoms with van der Waals surface area (Å²) in [6.45, 7) is 8.56. The largest absolute Gasteiger partial charge is 0.443 e. The molecular formula is C19H23NO2S. The fourth-order valence-electron chi connectivity index (χ4n) is 2.80. The van der Waals surface area contributed by atoms with Crippen LogP contribution in [0.15, 0.2) is 35.7 Å². The Hall–Kier alpha value is -1.81. The van der Waals surface area contributed by atoms with E-state index in [2.05, 4.69) is 42.6 Å². The first-order chi connectivity index (χ1) is 10.8. The van der Waals surface area contributed by atoms with Crippen LogP contribution in [-0.4, -0.2) is 23.1 Å². The van der Waals surface area contributed by atoms with Crippen LogP contribution in [0.3, 0.4) is 0 Å². The monoisotopic (exact) mass is 329 g/mol. The van der Waals surface area contributed by atoms with Crippen molar-refractivity contribution < 1.29 is 9.53 Å². The van der Waals surface area contributed by atoms with Gasteiger partial charge in [0.25, 0.3) is 0 Å². The molecule has 122 valence electrons. The molecule has 0 saturated carbocycles. The molecule has 2 heterocycles. The number of thiophene rings is 1. The van der Waals surface area contributed by atoms with Crippen LogP contribution < -0.4 is 0 Å². The Morgan fingerprint density at radius 1 is 1.30 bits per heavy atom. The van der Waals surface area contributed by atoms with Gasteiger partial charge in [0.1, 0.15) is 5.60 Å². The predicted molar refractivity (Wildman–Crippen MR) is 96.5 cm³/mol. The lowest BCUT2D eigenvalue weighted by Crippen LogP contribution is -2.39. The minimum absolute atomic E-state index is 0.263. The number of amides is 1. The summed E-state index contributed by atoms with van der Waals surface area (Å²) in [7, 11) is 0. The number of allylic oxidation sites excluding steroid dienone is 1. The Balaban J connectivity index is 1.95. The van der Waals surface area contributed by atoms with Gasteiger partial charge in [-0.1, -0.05) is 19.1 Å². The van der Waals surface area contributed by atoms with Gasteiger partial charge in [0.05, 0.1) is 5.70 Å². The van der Waals surface area contributed by atoms with Crippen molar-refractivity contribution >= 4 is 33.2 Å². The first-order valence-electron chi connectivity index (χ1n) is 8.02. The first kappa shape index (κ1) is 16.1. The van der Waals surface area contributed by atoms with Gasteiger partial charge in [-0.15, -0.1) is 11.3 Å². The third kappa shape index (κ3) is 3.58. The van der Waals surface area contributed by atoms with Crippen LogP contribution in [-0.2, 0) is 4.74 Å². The number of hydrogen-bond donors (Lipinski definition) is 0. The molecule has 23 heavy (non-hydrogen) atoms. The van der Waals surface area contributed by atoms with Crippen molar-refractivity contribution in [2.45, 2.75) is 39.7 Å². The van der Waals surface area contributed by atoms with E-state index in [1.807, 2.05) is 20.8 Å². The van der Waals surface area contributed by atoms with Crippen molar-refractivity contribution in [3.8, 4) is 0 Å². The lowest BCUT2D eigenvalue weighted by molar-refractivity contribution is 0.0327. The molecular weight excluding hydrogens is 306 g/mol. The van der Waals surface area contributed by atoms with Gasteiger partial charge < -0.3 is 4.74 Å². The van der Waals surface area contributed by atoms with E-state index in [-0.39, 0.29) is 6.09 Å². The minimum atomic E-state index is -0.486. The lowest BCUT2D eigenvalue weighted by atomic mass is 9.98. The number of benzene rings is 1. The number of fused-ring (bicyclic) bond motifs is 1. The molecule has 2 aromatic rings. The summed E-state index contributed by atoms with van der Waals surface area (Å²) < 4.78 is 6.86. The quantitative estimate of drug-likeness (QED) is 0.689. The van der Waals surface area contributed by atoms with Crippen molar-refractivity contribution in [1.82, 2.24) is 4.90 Å². The normalized spacial score (nSPS) is 18.9. The molecule has 3 rings (SSSR count). The van der Waals surface area contributed by atoms with Gasteiger partial charge in [-0.3, -0.25) is 4.90 Å². The van der Waals surface area contributed by atoms with E-state index in [1.54, 1.807) is 16.2 Å². The number of nitrogens with zero attached hydrogens (tertiary/aromatic N) is 1. The summed E-state index contributed by atoms with van der Waals surface area (Å²) in [5, 5.41) is 3.31. The maximum Gasteiger partial charge on any atom is 0.414 e. The molecule has 0 N–H and O–H groups in total. The van der Waals surface area contributed by atoms with E-state index in [4.69, 9.17) is 4.74 Å². The second-order valence-electron chi connectivity index (χ2n) is 7.19. The zero-order valence-electron chi connectivity index (χ0n) is 14.1. The van der Waals surface area contributed by atoms with E-state index >= 15 is 0 Å². The summed E-state index contributed by atoms with van der Waals surface area (Å²) in [6, 6.07) is 8.50. The fourth-order valence-corrected chi connectivity index (χ4v) is 3.57. The van der Waals surface area contributed by atoms with Crippen LogP contribution >= 0.6 is 11.3 Å². The summed E-state index contributed by atoms with van der Waals surface area (Å²) >= 11 is 1.73. The molecule has 4 heteroatoms. The summed E-state index contributed by atoms with van der Waals surface area (Å²) in [6.07, 6.45) is 2.88. The highest BCUT2D eigenvalue weighted by atomic mass is 32.1. The van der Waals surface area contributed by atoms with Crippen molar-refractivity contribution in [2.24, 2.45) is 5.92 Å². The molecule has 0 bridgehead atoms. The van der Waals surface area contributed by atoms with Crippen LogP contribution in [0.1, 0.15) is 39.7 Å². The number of rotatable bonds is 1.